The van der Waals surface area contributed by atoms with E-state index in [9.17, 15) is 9.18 Å². The molecule has 1 aromatic rings. The van der Waals surface area contributed by atoms with Crippen LogP contribution in [0.15, 0.2) is 18.2 Å². The molecule has 1 atom stereocenters. The van der Waals surface area contributed by atoms with Gasteiger partial charge in [-0.05, 0) is 57.5 Å². The highest BCUT2D eigenvalue weighted by molar-refractivity contribution is 5.79. The van der Waals surface area contributed by atoms with Gasteiger partial charge in [0.15, 0.2) is 0 Å². The van der Waals surface area contributed by atoms with Crippen LogP contribution in [-0.2, 0) is 10.3 Å². The summed E-state index contributed by atoms with van der Waals surface area (Å²) < 4.78 is 13.7. The van der Waals surface area contributed by atoms with Gasteiger partial charge in [0.2, 0.25) is 5.91 Å². The number of benzene rings is 1. The van der Waals surface area contributed by atoms with Crippen LogP contribution >= 0.6 is 0 Å². The Balaban J connectivity index is 2.05. The molecule has 0 spiro atoms. The van der Waals surface area contributed by atoms with E-state index in [0.717, 1.165) is 25.2 Å². The summed E-state index contributed by atoms with van der Waals surface area (Å²) in [5.41, 5.74) is 0.845. The number of nitrogens with one attached hydrogen (secondary N) is 1. The summed E-state index contributed by atoms with van der Waals surface area (Å²) in [5, 5.41) is 3.06. The van der Waals surface area contributed by atoms with Gasteiger partial charge in [-0.25, -0.2) is 4.39 Å². The molecule has 4 heteroatoms. The molecule has 0 radical (unpaired) electrons. The average molecular weight is 292 g/mol. The number of likely N-dealkylation sites (tertiary alicyclic amines) is 1. The van der Waals surface area contributed by atoms with E-state index in [0.29, 0.717) is 5.56 Å². The van der Waals surface area contributed by atoms with Crippen LogP contribution in [0.5, 0.6) is 0 Å². The maximum Gasteiger partial charge on any atom is 0.224 e. The summed E-state index contributed by atoms with van der Waals surface area (Å²) in [6, 6.07) is 5.01. The molecule has 1 aliphatic rings. The van der Waals surface area contributed by atoms with Gasteiger partial charge in [0.05, 0.1) is 5.54 Å². The molecule has 1 saturated heterocycles. The standard InChI is InChI=1S/C17H25FN2O/c1-12(11-20-9-6-10-20)16(21)19-17(3,4)14-7-5-8-15(18)13(14)2/h5,7-8,12H,6,9-11H2,1-4H3,(H,19,21). The largest absolute Gasteiger partial charge is 0.347 e. The highest BCUT2D eigenvalue weighted by atomic mass is 19.1. The molecule has 1 amide bonds. The van der Waals surface area contributed by atoms with E-state index in [1.807, 2.05) is 26.8 Å². The first kappa shape index (κ1) is 16.0. The summed E-state index contributed by atoms with van der Waals surface area (Å²) >= 11 is 0. The van der Waals surface area contributed by atoms with Crippen LogP contribution in [0.25, 0.3) is 0 Å². The zero-order valence-corrected chi connectivity index (χ0v) is 13.4. The molecule has 2 rings (SSSR count). The number of carbonyl (C=O) groups is 1. The van der Waals surface area contributed by atoms with Crippen molar-refractivity contribution in [2.45, 2.75) is 39.7 Å². The summed E-state index contributed by atoms with van der Waals surface area (Å²) in [5.74, 6) is -0.266. The number of hydrogen-bond acceptors (Lipinski definition) is 2. The van der Waals surface area contributed by atoms with E-state index >= 15 is 0 Å². The van der Waals surface area contributed by atoms with E-state index in [1.54, 1.807) is 13.0 Å². The Bertz CT molecular complexity index is 524. The fraction of sp³-hybridized carbons (Fsp3) is 0.588. The van der Waals surface area contributed by atoms with Gasteiger partial charge in [0, 0.05) is 12.5 Å². The Morgan fingerprint density at radius 1 is 1.43 bits per heavy atom. The van der Waals surface area contributed by atoms with Crippen LogP contribution in [-0.4, -0.2) is 30.4 Å². The second kappa shape index (κ2) is 6.14. The van der Waals surface area contributed by atoms with Crippen molar-refractivity contribution in [3.8, 4) is 0 Å². The summed E-state index contributed by atoms with van der Waals surface area (Å²) in [6.07, 6.45) is 1.22. The van der Waals surface area contributed by atoms with E-state index in [2.05, 4.69) is 10.2 Å². The topological polar surface area (TPSA) is 32.3 Å². The van der Waals surface area contributed by atoms with E-state index in [1.165, 1.54) is 12.5 Å². The quantitative estimate of drug-likeness (QED) is 0.905. The fourth-order valence-electron chi connectivity index (χ4n) is 2.82. The molecule has 1 aliphatic heterocycles. The van der Waals surface area contributed by atoms with Gasteiger partial charge in [0.1, 0.15) is 5.82 Å². The first-order valence-corrected chi connectivity index (χ1v) is 7.61. The number of hydrogen-bond donors (Lipinski definition) is 1. The average Bonchev–Trinajstić information content (AvgIpc) is 2.36. The Morgan fingerprint density at radius 3 is 2.67 bits per heavy atom. The molecule has 0 saturated carbocycles. The predicted molar refractivity (Wildman–Crippen MR) is 82.5 cm³/mol. The molecule has 0 bridgehead atoms. The summed E-state index contributed by atoms with van der Waals surface area (Å²) in [6.45, 7) is 10.5. The number of amides is 1. The number of carbonyl (C=O) groups excluding carboxylic acids is 1. The zero-order valence-electron chi connectivity index (χ0n) is 13.4. The zero-order chi connectivity index (χ0) is 15.6. The third-order valence-electron chi connectivity index (χ3n) is 4.31. The first-order chi connectivity index (χ1) is 9.81. The lowest BCUT2D eigenvalue weighted by molar-refractivity contribution is -0.127. The second-order valence-electron chi connectivity index (χ2n) is 6.58. The number of nitrogens with zero attached hydrogens (tertiary/aromatic N) is 1. The summed E-state index contributed by atoms with van der Waals surface area (Å²) in [7, 11) is 0. The van der Waals surface area contributed by atoms with E-state index < -0.39 is 5.54 Å². The minimum Gasteiger partial charge on any atom is -0.347 e. The molecular weight excluding hydrogens is 267 g/mol. The molecule has 21 heavy (non-hydrogen) atoms. The van der Waals surface area contributed by atoms with Crippen LogP contribution < -0.4 is 5.32 Å². The maximum absolute atomic E-state index is 13.7. The van der Waals surface area contributed by atoms with Crippen molar-refractivity contribution in [1.29, 1.82) is 0 Å². The maximum atomic E-state index is 13.7. The third kappa shape index (κ3) is 3.62. The van der Waals surface area contributed by atoms with E-state index in [4.69, 9.17) is 0 Å². The van der Waals surface area contributed by atoms with Gasteiger partial charge < -0.3 is 10.2 Å². The molecule has 1 N–H and O–H groups in total. The summed E-state index contributed by atoms with van der Waals surface area (Å²) in [4.78, 5) is 14.7. The first-order valence-electron chi connectivity index (χ1n) is 7.61. The minimum absolute atomic E-state index is 0.0237. The van der Waals surface area contributed by atoms with Gasteiger partial charge in [-0.1, -0.05) is 19.1 Å². The van der Waals surface area contributed by atoms with Gasteiger partial charge in [-0.2, -0.15) is 0 Å². The Labute approximate surface area is 126 Å². The van der Waals surface area contributed by atoms with E-state index in [-0.39, 0.29) is 17.6 Å². The highest BCUT2D eigenvalue weighted by Crippen LogP contribution is 2.25. The lowest BCUT2D eigenvalue weighted by atomic mass is 9.89. The Morgan fingerprint density at radius 2 is 2.10 bits per heavy atom. The van der Waals surface area contributed by atoms with Crippen molar-refractivity contribution >= 4 is 5.91 Å². The smallest absolute Gasteiger partial charge is 0.224 e. The molecule has 0 aromatic heterocycles. The van der Waals surface area contributed by atoms with Crippen molar-refractivity contribution in [3.05, 3.63) is 35.1 Å². The SMILES string of the molecule is Cc1c(F)cccc1C(C)(C)NC(=O)C(C)CN1CCC1. The van der Waals surface area contributed by atoms with Crippen molar-refractivity contribution < 1.29 is 9.18 Å². The van der Waals surface area contributed by atoms with Gasteiger partial charge >= 0.3 is 0 Å². The molecule has 1 heterocycles. The monoisotopic (exact) mass is 292 g/mol. The Hall–Kier alpha value is -1.42. The fourth-order valence-corrected chi connectivity index (χ4v) is 2.82. The molecular formula is C17H25FN2O. The van der Waals surface area contributed by atoms with Crippen molar-refractivity contribution in [2.24, 2.45) is 5.92 Å². The molecule has 1 unspecified atom stereocenters. The van der Waals surface area contributed by atoms with Crippen LogP contribution in [0.1, 0.15) is 38.3 Å². The molecule has 1 fully saturated rings. The van der Waals surface area contributed by atoms with Gasteiger partial charge in [0.25, 0.3) is 0 Å². The lowest BCUT2D eigenvalue weighted by Gasteiger charge is -2.34. The normalized spacial score (nSPS) is 17.2. The van der Waals surface area contributed by atoms with Crippen molar-refractivity contribution in [1.82, 2.24) is 10.2 Å². The minimum atomic E-state index is -0.577. The molecule has 0 aliphatic carbocycles. The van der Waals surface area contributed by atoms with Crippen molar-refractivity contribution in [2.75, 3.05) is 19.6 Å². The van der Waals surface area contributed by atoms with Crippen LogP contribution in [0.4, 0.5) is 4.39 Å². The van der Waals surface area contributed by atoms with Crippen LogP contribution in [0, 0.1) is 18.7 Å². The predicted octanol–water partition coefficient (Wildman–Crippen LogP) is 2.83. The van der Waals surface area contributed by atoms with Crippen molar-refractivity contribution in [3.63, 3.8) is 0 Å². The number of rotatable bonds is 5. The third-order valence-corrected chi connectivity index (χ3v) is 4.31. The lowest BCUT2D eigenvalue weighted by Crippen LogP contribution is -2.48. The highest BCUT2D eigenvalue weighted by Gasteiger charge is 2.29. The van der Waals surface area contributed by atoms with Crippen LogP contribution in [0.3, 0.4) is 0 Å². The van der Waals surface area contributed by atoms with Gasteiger partial charge in [-0.15, -0.1) is 0 Å². The molecule has 1 aromatic carbocycles. The molecule has 116 valence electrons. The van der Waals surface area contributed by atoms with Crippen LogP contribution in [0.2, 0.25) is 0 Å². The molecule has 3 nitrogen and oxygen atoms in total. The number of halogens is 1. The Kier molecular flexibility index (Phi) is 4.67. The van der Waals surface area contributed by atoms with Gasteiger partial charge in [-0.3, -0.25) is 4.79 Å². The second-order valence-corrected chi connectivity index (χ2v) is 6.58.